The number of hydrogen-bond donors (Lipinski definition) is 7. The Labute approximate surface area is 277 Å². The highest BCUT2D eigenvalue weighted by atomic mass is 16.4. The van der Waals surface area contributed by atoms with E-state index in [-0.39, 0.29) is 36.5 Å². The van der Waals surface area contributed by atoms with Gasteiger partial charge in [-0.2, -0.15) is 0 Å². The molecule has 0 saturated heterocycles. The number of rotatable bonds is 22. The summed E-state index contributed by atoms with van der Waals surface area (Å²) in [5, 5.41) is 57.6. The van der Waals surface area contributed by atoms with Gasteiger partial charge in [-0.1, -0.05) is 123 Å². The van der Waals surface area contributed by atoms with E-state index < -0.39 is 29.3 Å². The fraction of sp³-hybridized carbons (Fsp3) is 0.714. The lowest BCUT2D eigenvalue weighted by atomic mass is 9.95. The molecule has 0 spiro atoms. The predicted octanol–water partition coefficient (Wildman–Crippen LogP) is 7.24. The van der Waals surface area contributed by atoms with E-state index >= 15 is 0 Å². The monoisotopic (exact) mass is 662 g/mol. The summed E-state index contributed by atoms with van der Waals surface area (Å²) in [5.74, 6) is -3.46. The second-order valence-electron chi connectivity index (χ2n) is 11.6. The van der Waals surface area contributed by atoms with Crippen LogP contribution in [0.25, 0.3) is 0 Å². The first-order valence-electron chi connectivity index (χ1n) is 16.1. The summed E-state index contributed by atoms with van der Waals surface area (Å²) in [6, 6.07) is 0. The van der Waals surface area contributed by atoms with Crippen molar-refractivity contribution in [3.8, 4) is 0 Å². The maximum Gasteiger partial charge on any atom is 0.330 e. The third-order valence-electron chi connectivity index (χ3n) is 6.23. The second kappa shape index (κ2) is 38.2. The fourth-order valence-corrected chi connectivity index (χ4v) is 2.80. The molecule has 272 valence electrons. The topological polar surface area (TPSA) is 210 Å². The molecule has 0 rings (SSSR count). The molecule has 0 unspecified atom stereocenters. The lowest BCUT2D eigenvalue weighted by Gasteiger charge is -2.20. The molecule has 0 bridgehead atoms. The third kappa shape index (κ3) is 53.5. The van der Waals surface area contributed by atoms with Crippen LogP contribution in [0, 0.1) is 5.41 Å². The van der Waals surface area contributed by atoms with Crippen LogP contribution in [0.3, 0.4) is 0 Å². The predicted molar refractivity (Wildman–Crippen MR) is 184 cm³/mol. The molecule has 0 aromatic heterocycles. The van der Waals surface area contributed by atoms with E-state index in [0.717, 1.165) is 12.8 Å². The van der Waals surface area contributed by atoms with Gasteiger partial charge in [0.1, 0.15) is 0 Å². The lowest BCUT2D eigenvalue weighted by molar-refractivity contribution is -0.137. The van der Waals surface area contributed by atoms with Crippen LogP contribution in [0.15, 0.2) is 36.5 Å². The Morgan fingerprint density at radius 3 is 0.804 bits per heavy atom. The number of unbranched alkanes of at least 4 members (excludes halogenated alkanes) is 14. The summed E-state index contributed by atoms with van der Waals surface area (Å²) < 4.78 is 0. The van der Waals surface area contributed by atoms with E-state index in [1.807, 2.05) is 0 Å². The van der Waals surface area contributed by atoms with Crippen molar-refractivity contribution in [1.82, 2.24) is 0 Å². The number of carboxylic acid groups (broad SMARTS) is 4. The van der Waals surface area contributed by atoms with Crippen molar-refractivity contribution in [3.05, 3.63) is 36.5 Å². The van der Waals surface area contributed by atoms with Gasteiger partial charge in [0.25, 0.3) is 0 Å². The summed E-state index contributed by atoms with van der Waals surface area (Å²) in [7, 11) is 0. The molecule has 0 fully saturated rings. The maximum absolute atomic E-state index is 10.3. The fourth-order valence-electron chi connectivity index (χ4n) is 2.80. The zero-order valence-corrected chi connectivity index (χ0v) is 29.3. The van der Waals surface area contributed by atoms with E-state index in [1.54, 1.807) is 6.92 Å². The molecule has 0 heterocycles. The van der Waals surface area contributed by atoms with Crippen molar-refractivity contribution >= 4 is 23.9 Å². The zero-order chi connectivity index (χ0) is 37.0. The van der Waals surface area contributed by atoms with Crippen LogP contribution in [0.1, 0.15) is 137 Å². The Morgan fingerprint density at radius 2 is 0.674 bits per heavy atom. The summed E-state index contributed by atoms with van der Waals surface area (Å²) in [6.45, 7) is 17.1. The van der Waals surface area contributed by atoms with Gasteiger partial charge in [0.2, 0.25) is 0 Å². The Kier molecular flexibility index (Phi) is 43.6. The highest BCUT2D eigenvalue weighted by Gasteiger charge is 2.20. The van der Waals surface area contributed by atoms with Gasteiger partial charge < -0.3 is 35.7 Å². The van der Waals surface area contributed by atoms with Gasteiger partial charge in [0.05, 0.1) is 19.8 Å². The van der Waals surface area contributed by atoms with Crippen LogP contribution < -0.4 is 0 Å². The Hall–Kier alpha value is -3.02. The summed E-state index contributed by atoms with van der Waals surface area (Å²) in [6.07, 6.45) is 20.2. The zero-order valence-electron chi connectivity index (χ0n) is 29.3. The minimum Gasteiger partial charge on any atom is -0.481 e. The van der Waals surface area contributed by atoms with Gasteiger partial charge >= 0.3 is 23.9 Å². The van der Waals surface area contributed by atoms with Gasteiger partial charge in [-0.3, -0.25) is 4.79 Å². The van der Waals surface area contributed by atoms with Gasteiger partial charge in [0, 0.05) is 28.6 Å². The molecular weight excluding hydrogens is 596 g/mol. The maximum atomic E-state index is 10.3. The number of aliphatic hydroxyl groups is 3. The molecule has 46 heavy (non-hydrogen) atoms. The third-order valence-corrected chi connectivity index (χ3v) is 6.23. The van der Waals surface area contributed by atoms with E-state index in [0.29, 0.717) is 6.42 Å². The van der Waals surface area contributed by atoms with E-state index in [4.69, 9.17) is 35.7 Å². The molecule has 0 atom stereocenters. The van der Waals surface area contributed by atoms with Crippen molar-refractivity contribution in [2.24, 2.45) is 5.41 Å². The van der Waals surface area contributed by atoms with Gasteiger partial charge in [-0.05, 0) is 27.2 Å². The number of aliphatic hydroxyl groups excluding tert-OH is 3. The van der Waals surface area contributed by atoms with Crippen LogP contribution in [-0.2, 0) is 19.2 Å². The quantitative estimate of drug-likeness (QED) is 0.0453. The smallest absolute Gasteiger partial charge is 0.330 e. The number of carboxylic acids is 4. The molecule has 0 aromatic carbocycles. The molecular formula is C35H66O11. The van der Waals surface area contributed by atoms with Crippen LogP contribution in [0.2, 0.25) is 0 Å². The summed E-state index contributed by atoms with van der Waals surface area (Å²) >= 11 is 0. The van der Waals surface area contributed by atoms with Crippen LogP contribution in [0.4, 0.5) is 0 Å². The Morgan fingerprint density at radius 1 is 0.478 bits per heavy atom. The SMILES string of the molecule is C=C(C)C(=O)O.C=C(C)C(=O)O.C=C(C)C(=O)O.CC(CO)(CO)CO.CCCCCCCCCCCCCCCCCC(=O)O. The molecule has 0 aromatic rings. The van der Waals surface area contributed by atoms with Gasteiger partial charge in [-0.25, -0.2) is 14.4 Å². The summed E-state index contributed by atoms with van der Waals surface area (Å²) in [4.78, 5) is 39.1. The van der Waals surface area contributed by atoms with Crippen molar-refractivity contribution in [2.75, 3.05) is 19.8 Å². The van der Waals surface area contributed by atoms with Crippen molar-refractivity contribution in [1.29, 1.82) is 0 Å². The van der Waals surface area contributed by atoms with Gasteiger partial charge in [-0.15, -0.1) is 0 Å². The molecule has 11 nitrogen and oxygen atoms in total. The van der Waals surface area contributed by atoms with Crippen molar-refractivity contribution in [3.63, 3.8) is 0 Å². The molecule has 0 aliphatic rings. The van der Waals surface area contributed by atoms with E-state index in [9.17, 15) is 19.2 Å². The minimum atomic E-state index is -0.935. The molecule has 7 N–H and O–H groups in total. The summed E-state index contributed by atoms with van der Waals surface area (Å²) in [5.41, 5.74) is -0.181. The first-order chi connectivity index (χ1) is 21.4. The normalized spacial score (nSPS) is 9.74. The highest BCUT2D eigenvalue weighted by molar-refractivity contribution is 5.85. The van der Waals surface area contributed by atoms with Crippen LogP contribution in [-0.4, -0.2) is 79.4 Å². The second-order valence-corrected chi connectivity index (χ2v) is 11.6. The van der Waals surface area contributed by atoms with E-state index in [1.165, 1.54) is 104 Å². The molecule has 0 radical (unpaired) electrons. The number of hydrogen-bond acceptors (Lipinski definition) is 7. The average Bonchev–Trinajstić information content (AvgIpc) is 2.99. The highest BCUT2D eigenvalue weighted by Crippen LogP contribution is 2.14. The average molecular weight is 663 g/mol. The standard InChI is InChI=1S/C18H36O2.C5H12O3.3C4H6O2/c1-2-3-4-5-6-7-8-9-10-11-12-13-14-15-16-17-18(19)20;1-5(2-6,3-7)4-8;3*1-3(2)4(5)6/h2-17H2,1H3,(H,19,20);6-8H,2-4H2,1H3;3*1H2,2H3,(H,5,6). The molecule has 0 amide bonds. The molecule has 0 aliphatic heterocycles. The largest absolute Gasteiger partial charge is 0.481 e. The van der Waals surface area contributed by atoms with Crippen LogP contribution >= 0.6 is 0 Å². The first-order valence-corrected chi connectivity index (χ1v) is 16.1. The molecule has 0 saturated carbocycles. The molecule has 0 aliphatic carbocycles. The minimum absolute atomic E-state index is 0.176. The lowest BCUT2D eigenvalue weighted by Crippen LogP contribution is -2.29. The first kappa shape index (κ1) is 52.5. The Balaban J connectivity index is -0.000000176. The number of aliphatic carboxylic acids is 4. The van der Waals surface area contributed by atoms with Crippen LogP contribution in [0.5, 0.6) is 0 Å². The molecule has 11 heteroatoms. The van der Waals surface area contributed by atoms with Crippen molar-refractivity contribution < 1.29 is 54.9 Å². The van der Waals surface area contributed by atoms with Crippen molar-refractivity contribution in [2.45, 2.75) is 137 Å². The van der Waals surface area contributed by atoms with Gasteiger partial charge in [0.15, 0.2) is 0 Å². The number of carbonyl (C=O) groups is 4. The van der Waals surface area contributed by atoms with E-state index in [2.05, 4.69) is 26.7 Å². The Bertz CT molecular complexity index is 714.